The van der Waals surface area contributed by atoms with E-state index >= 15 is 0 Å². The van der Waals surface area contributed by atoms with Crippen molar-refractivity contribution in [3.05, 3.63) is 71.3 Å². The number of carbonyl (C=O) groups excluding carboxylic acids is 1. The molecule has 2 N–H and O–H groups in total. The minimum absolute atomic E-state index is 0. The number of nitrogens with one attached hydrogen (secondary N) is 2. The van der Waals surface area contributed by atoms with Crippen molar-refractivity contribution in [2.45, 2.75) is 64.8 Å². The summed E-state index contributed by atoms with van der Waals surface area (Å²) < 4.78 is 0. The van der Waals surface area contributed by atoms with Crippen molar-refractivity contribution in [2.24, 2.45) is 4.99 Å². The van der Waals surface area contributed by atoms with E-state index in [1.165, 1.54) is 16.7 Å². The minimum Gasteiger partial charge on any atom is -0.357 e. The number of fused-ring (bicyclic) bond motifs is 1. The second-order valence-corrected chi connectivity index (χ2v) is 9.22. The largest absolute Gasteiger partial charge is 0.357 e. The minimum atomic E-state index is 0. The lowest BCUT2D eigenvalue weighted by molar-refractivity contribution is -0.131. The van der Waals surface area contributed by atoms with Gasteiger partial charge in [0.15, 0.2) is 5.96 Å². The Bertz CT molecular complexity index is 926. The van der Waals surface area contributed by atoms with Gasteiger partial charge in [-0.3, -0.25) is 14.7 Å². The molecular weight excluding hydrogens is 537 g/mol. The summed E-state index contributed by atoms with van der Waals surface area (Å²) in [7, 11) is 0. The molecule has 0 bridgehead atoms. The number of rotatable bonds is 8. The zero-order valence-electron chi connectivity index (χ0n) is 20.4. The normalized spacial score (nSPS) is 20.1. The number of aliphatic imine (C=N–C) groups is 1. The molecule has 1 fully saturated rings. The number of benzene rings is 2. The van der Waals surface area contributed by atoms with Gasteiger partial charge < -0.3 is 15.5 Å². The first kappa shape index (κ1) is 26.5. The van der Waals surface area contributed by atoms with Gasteiger partial charge in [-0.25, -0.2) is 0 Å². The molecule has 0 saturated carbocycles. The van der Waals surface area contributed by atoms with E-state index in [-0.39, 0.29) is 29.9 Å². The van der Waals surface area contributed by atoms with Gasteiger partial charge in [0.1, 0.15) is 0 Å². The van der Waals surface area contributed by atoms with Crippen molar-refractivity contribution < 1.29 is 4.79 Å². The summed E-state index contributed by atoms with van der Waals surface area (Å²) in [5.41, 5.74) is 3.90. The van der Waals surface area contributed by atoms with E-state index in [1.807, 2.05) is 17.0 Å². The number of hydrogen-bond donors (Lipinski definition) is 2. The molecule has 0 spiro atoms. The quantitative estimate of drug-likeness (QED) is 0.215. The molecule has 2 unspecified atom stereocenters. The van der Waals surface area contributed by atoms with Crippen LogP contribution in [-0.4, -0.2) is 53.4 Å². The third-order valence-corrected chi connectivity index (χ3v) is 6.63. The smallest absolute Gasteiger partial charge is 0.223 e. The van der Waals surface area contributed by atoms with Crippen LogP contribution in [0.25, 0.3) is 0 Å². The van der Waals surface area contributed by atoms with E-state index in [2.05, 4.69) is 71.8 Å². The van der Waals surface area contributed by atoms with Gasteiger partial charge in [0.05, 0.1) is 0 Å². The van der Waals surface area contributed by atoms with E-state index in [4.69, 9.17) is 4.99 Å². The summed E-state index contributed by atoms with van der Waals surface area (Å²) in [5, 5.41) is 6.99. The Morgan fingerprint density at radius 2 is 1.74 bits per heavy atom. The number of halogens is 1. The summed E-state index contributed by atoms with van der Waals surface area (Å²) in [6.07, 6.45) is 2.41. The van der Waals surface area contributed by atoms with Gasteiger partial charge in [-0.05, 0) is 43.4 Å². The molecule has 0 aliphatic carbocycles. The molecule has 0 aromatic heterocycles. The van der Waals surface area contributed by atoms with Crippen LogP contribution in [0.1, 0.15) is 49.8 Å². The van der Waals surface area contributed by atoms with Crippen molar-refractivity contribution in [1.82, 2.24) is 20.4 Å². The Hall–Kier alpha value is -2.13. The zero-order valence-corrected chi connectivity index (χ0v) is 22.7. The van der Waals surface area contributed by atoms with E-state index in [0.717, 1.165) is 51.5 Å². The Labute approximate surface area is 221 Å². The summed E-state index contributed by atoms with van der Waals surface area (Å²) in [6.45, 7) is 9.33. The van der Waals surface area contributed by atoms with Gasteiger partial charge in [-0.1, -0.05) is 54.6 Å². The van der Waals surface area contributed by atoms with Crippen molar-refractivity contribution >= 4 is 35.8 Å². The maximum atomic E-state index is 12.6. The Morgan fingerprint density at radius 1 is 1.06 bits per heavy atom. The van der Waals surface area contributed by atoms with Gasteiger partial charge in [0.25, 0.3) is 0 Å². The van der Waals surface area contributed by atoms with Gasteiger partial charge in [0.2, 0.25) is 5.91 Å². The molecular formula is C27H38IN5O. The van der Waals surface area contributed by atoms with E-state index in [1.54, 1.807) is 0 Å². The van der Waals surface area contributed by atoms with Crippen LogP contribution in [0.4, 0.5) is 0 Å². The molecule has 2 aromatic rings. The second kappa shape index (κ2) is 13.1. The van der Waals surface area contributed by atoms with Crippen LogP contribution in [0.2, 0.25) is 0 Å². The molecule has 4 rings (SSSR count). The highest BCUT2D eigenvalue weighted by Crippen LogP contribution is 2.23. The molecule has 2 aliphatic heterocycles. The van der Waals surface area contributed by atoms with E-state index < -0.39 is 0 Å². The van der Waals surface area contributed by atoms with E-state index in [0.29, 0.717) is 25.0 Å². The van der Waals surface area contributed by atoms with Gasteiger partial charge in [-0.2, -0.15) is 0 Å². The second-order valence-electron chi connectivity index (χ2n) is 9.22. The first-order chi connectivity index (χ1) is 16.1. The van der Waals surface area contributed by atoms with Gasteiger partial charge >= 0.3 is 0 Å². The van der Waals surface area contributed by atoms with Crippen LogP contribution in [0.3, 0.4) is 0 Å². The molecule has 34 heavy (non-hydrogen) atoms. The number of carbonyl (C=O) groups is 1. The number of amides is 1. The lowest BCUT2D eigenvalue weighted by atomic mass is 10.1. The lowest BCUT2D eigenvalue weighted by Crippen LogP contribution is -2.44. The number of likely N-dealkylation sites (tertiary alicyclic amines) is 1. The average molecular weight is 576 g/mol. The van der Waals surface area contributed by atoms with E-state index in [9.17, 15) is 4.79 Å². The van der Waals surface area contributed by atoms with Crippen molar-refractivity contribution in [3.63, 3.8) is 0 Å². The Morgan fingerprint density at radius 3 is 2.41 bits per heavy atom. The highest BCUT2D eigenvalue weighted by Gasteiger charge is 2.29. The number of guanidine groups is 1. The summed E-state index contributed by atoms with van der Waals surface area (Å²) in [6, 6.07) is 19.9. The maximum absolute atomic E-state index is 12.6. The predicted octanol–water partition coefficient (Wildman–Crippen LogP) is 4.15. The topological polar surface area (TPSA) is 60.0 Å². The molecule has 0 radical (unpaired) electrons. The Balaban J connectivity index is 0.00000324. The fourth-order valence-electron chi connectivity index (χ4n) is 4.84. The fourth-order valence-corrected chi connectivity index (χ4v) is 4.84. The van der Waals surface area contributed by atoms with Crippen molar-refractivity contribution in [1.29, 1.82) is 0 Å². The molecule has 2 atom stereocenters. The first-order valence-corrected chi connectivity index (χ1v) is 12.3. The molecule has 7 heteroatoms. The Kier molecular flexibility index (Phi) is 10.2. The molecule has 2 aliphatic rings. The maximum Gasteiger partial charge on any atom is 0.223 e. The lowest BCUT2D eigenvalue weighted by Gasteiger charge is -2.21. The third-order valence-electron chi connectivity index (χ3n) is 6.63. The van der Waals surface area contributed by atoms with Crippen molar-refractivity contribution in [2.75, 3.05) is 19.6 Å². The molecule has 1 saturated heterocycles. The van der Waals surface area contributed by atoms with Crippen molar-refractivity contribution in [3.8, 4) is 0 Å². The molecule has 1 amide bonds. The molecule has 2 aromatic carbocycles. The third kappa shape index (κ3) is 7.18. The molecule has 6 nitrogen and oxygen atoms in total. The SMILES string of the molecule is CCNC(=NCCCC(=O)N1Cc2ccccc2C1)NC1CC(C)N(Cc2ccccc2)C1.I. The van der Waals surface area contributed by atoms with Crippen LogP contribution >= 0.6 is 24.0 Å². The average Bonchev–Trinajstić information content (AvgIpc) is 3.40. The van der Waals surface area contributed by atoms with Crippen LogP contribution < -0.4 is 10.6 Å². The molecule has 184 valence electrons. The van der Waals surface area contributed by atoms with Gasteiger partial charge in [0, 0.05) is 57.8 Å². The van der Waals surface area contributed by atoms with Crippen LogP contribution in [-0.2, 0) is 24.4 Å². The summed E-state index contributed by atoms with van der Waals surface area (Å²) >= 11 is 0. The number of nitrogens with zero attached hydrogens (tertiary/aromatic N) is 3. The van der Waals surface area contributed by atoms with Crippen LogP contribution in [0, 0.1) is 0 Å². The predicted molar refractivity (Wildman–Crippen MR) is 149 cm³/mol. The standard InChI is InChI=1S/C27H37N5O.HI/c1-3-28-27(30-25-16-21(2)31(20-25)17-22-10-5-4-6-11-22)29-15-9-14-26(33)32-18-23-12-7-8-13-24(23)19-32;/h4-8,10-13,21,25H,3,9,14-20H2,1-2H3,(H2,28,29,30);1H. The first-order valence-electron chi connectivity index (χ1n) is 12.3. The zero-order chi connectivity index (χ0) is 23.0. The number of hydrogen-bond acceptors (Lipinski definition) is 3. The monoisotopic (exact) mass is 575 g/mol. The van der Waals surface area contributed by atoms with Gasteiger partial charge in [-0.15, -0.1) is 24.0 Å². The molecule has 2 heterocycles. The highest BCUT2D eigenvalue weighted by molar-refractivity contribution is 14.0. The highest BCUT2D eigenvalue weighted by atomic mass is 127. The fraction of sp³-hybridized carbons (Fsp3) is 0.481. The van der Waals surface area contributed by atoms with Crippen LogP contribution in [0.5, 0.6) is 0 Å². The van der Waals surface area contributed by atoms with Crippen LogP contribution in [0.15, 0.2) is 59.6 Å². The summed E-state index contributed by atoms with van der Waals surface area (Å²) in [5.74, 6) is 1.08. The summed E-state index contributed by atoms with van der Waals surface area (Å²) in [4.78, 5) is 21.9.